The minimum absolute atomic E-state index is 0.285. The second-order valence-electron chi connectivity index (χ2n) is 3.48. The molecular weight excluding hydrogens is 217 g/mol. The molecule has 88 valence electrons. The monoisotopic (exact) mass is 230 g/mol. The Kier molecular flexibility index (Phi) is 3.75. The fourth-order valence-electron chi connectivity index (χ4n) is 1.41. The van der Waals surface area contributed by atoms with Gasteiger partial charge in [-0.2, -0.15) is 13.2 Å². The predicted molar refractivity (Wildman–Crippen MR) is 56.7 cm³/mol. The minimum atomic E-state index is -4.36. The maximum Gasteiger partial charge on any atom is 0.416 e. The van der Waals surface area contributed by atoms with E-state index in [0.29, 0.717) is 23.1 Å². The summed E-state index contributed by atoms with van der Waals surface area (Å²) in [6.07, 6.45) is -3.81. The van der Waals surface area contributed by atoms with Crippen molar-refractivity contribution in [2.24, 2.45) is 0 Å². The third-order valence-electron chi connectivity index (χ3n) is 2.42. The third kappa shape index (κ3) is 2.64. The minimum Gasteiger partial charge on any atom is -0.392 e. The Hall–Kier alpha value is -1.29. The number of aliphatic hydroxyl groups excluding tert-OH is 1. The van der Waals surface area contributed by atoms with Gasteiger partial charge in [-0.1, -0.05) is 19.6 Å². The van der Waals surface area contributed by atoms with Crippen molar-refractivity contribution in [3.63, 3.8) is 0 Å². The van der Waals surface area contributed by atoms with E-state index < -0.39 is 11.7 Å². The van der Waals surface area contributed by atoms with Crippen molar-refractivity contribution in [1.82, 2.24) is 0 Å². The zero-order chi connectivity index (χ0) is 12.3. The number of aliphatic hydroxyl groups is 1. The first kappa shape index (κ1) is 12.8. The molecule has 1 N–H and O–H groups in total. The van der Waals surface area contributed by atoms with Gasteiger partial charge in [0.1, 0.15) is 0 Å². The van der Waals surface area contributed by atoms with E-state index in [0.717, 1.165) is 12.1 Å². The quantitative estimate of drug-likeness (QED) is 0.840. The number of hydrogen-bond donors (Lipinski definition) is 1. The van der Waals surface area contributed by atoms with Crippen molar-refractivity contribution in [2.45, 2.75) is 26.1 Å². The van der Waals surface area contributed by atoms with Gasteiger partial charge < -0.3 is 5.11 Å². The third-order valence-corrected chi connectivity index (χ3v) is 2.42. The molecule has 0 spiro atoms. The van der Waals surface area contributed by atoms with Crippen molar-refractivity contribution in [2.75, 3.05) is 0 Å². The summed E-state index contributed by atoms with van der Waals surface area (Å²) in [5.74, 6) is 0. The zero-order valence-electron chi connectivity index (χ0n) is 8.93. The van der Waals surface area contributed by atoms with Crippen molar-refractivity contribution in [1.29, 1.82) is 0 Å². The fourth-order valence-corrected chi connectivity index (χ4v) is 1.41. The van der Waals surface area contributed by atoms with E-state index in [1.165, 1.54) is 6.07 Å². The Morgan fingerprint density at radius 3 is 2.44 bits per heavy atom. The number of rotatable bonds is 3. The van der Waals surface area contributed by atoms with E-state index in [-0.39, 0.29) is 6.61 Å². The Bertz CT molecular complexity index is 394. The summed E-state index contributed by atoms with van der Waals surface area (Å²) in [6, 6.07) is 3.30. The van der Waals surface area contributed by atoms with E-state index >= 15 is 0 Å². The molecule has 0 aliphatic heterocycles. The van der Waals surface area contributed by atoms with Gasteiger partial charge in [0.15, 0.2) is 0 Å². The Morgan fingerprint density at radius 1 is 1.38 bits per heavy atom. The lowest BCUT2D eigenvalue weighted by atomic mass is 9.97. The van der Waals surface area contributed by atoms with Crippen molar-refractivity contribution < 1.29 is 18.3 Å². The van der Waals surface area contributed by atoms with Crippen LogP contribution < -0.4 is 0 Å². The van der Waals surface area contributed by atoms with Gasteiger partial charge in [-0.15, -0.1) is 0 Å². The summed E-state index contributed by atoms with van der Waals surface area (Å²) in [6.45, 7) is 5.22. The smallest absolute Gasteiger partial charge is 0.392 e. The first-order chi connectivity index (χ1) is 7.40. The molecule has 1 rings (SSSR count). The van der Waals surface area contributed by atoms with Crippen LogP contribution in [0.4, 0.5) is 13.2 Å². The largest absolute Gasteiger partial charge is 0.416 e. The van der Waals surface area contributed by atoms with Gasteiger partial charge in [-0.05, 0) is 35.3 Å². The second kappa shape index (κ2) is 4.70. The standard InChI is InChI=1S/C12H13F3O/c1-3-8(2)11-6-10(12(13,14)15)5-4-9(11)7-16/h4-6,16H,2-3,7H2,1H3. The molecule has 16 heavy (non-hydrogen) atoms. The van der Waals surface area contributed by atoms with Crippen LogP contribution in [0.2, 0.25) is 0 Å². The van der Waals surface area contributed by atoms with E-state index in [1.807, 2.05) is 6.92 Å². The fraction of sp³-hybridized carbons (Fsp3) is 0.333. The van der Waals surface area contributed by atoms with Crippen LogP contribution in [0.1, 0.15) is 30.0 Å². The number of allylic oxidation sites excluding steroid dienone is 1. The second-order valence-corrected chi connectivity index (χ2v) is 3.48. The average molecular weight is 230 g/mol. The summed E-state index contributed by atoms with van der Waals surface area (Å²) in [5, 5.41) is 9.03. The average Bonchev–Trinajstić information content (AvgIpc) is 2.25. The molecule has 0 aliphatic rings. The summed E-state index contributed by atoms with van der Waals surface area (Å²) in [5.41, 5.74) is 0.740. The molecule has 0 amide bonds. The SMILES string of the molecule is C=C(CC)c1cc(C(F)(F)F)ccc1CO. The first-order valence-corrected chi connectivity index (χ1v) is 4.89. The highest BCUT2D eigenvalue weighted by Crippen LogP contribution is 2.32. The number of hydrogen-bond acceptors (Lipinski definition) is 1. The normalized spacial score (nSPS) is 11.6. The van der Waals surface area contributed by atoms with Crippen LogP contribution in [-0.4, -0.2) is 5.11 Å². The molecule has 4 heteroatoms. The van der Waals surface area contributed by atoms with Gasteiger partial charge in [0, 0.05) is 0 Å². The molecule has 0 bridgehead atoms. The van der Waals surface area contributed by atoms with Gasteiger partial charge in [0.2, 0.25) is 0 Å². The highest BCUT2D eigenvalue weighted by Gasteiger charge is 2.31. The van der Waals surface area contributed by atoms with Crippen LogP contribution in [0.3, 0.4) is 0 Å². The predicted octanol–water partition coefficient (Wildman–Crippen LogP) is 3.62. The maximum absolute atomic E-state index is 12.5. The highest BCUT2D eigenvalue weighted by atomic mass is 19.4. The summed E-state index contributed by atoms with van der Waals surface area (Å²) in [7, 11) is 0. The van der Waals surface area contributed by atoms with Gasteiger partial charge in [-0.3, -0.25) is 0 Å². The van der Waals surface area contributed by atoms with Gasteiger partial charge in [0.25, 0.3) is 0 Å². The first-order valence-electron chi connectivity index (χ1n) is 4.89. The van der Waals surface area contributed by atoms with E-state index in [2.05, 4.69) is 6.58 Å². The van der Waals surface area contributed by atoms with Crippen molar-refractivity contribution in [3.8, 4) is 0 Å². The molecular formula is C12H13F3O. The molecule has 0 saturated carbocycles. The molecule has 0 saturated heterocycles. The summed E-state index contributed by atoms with van der Waals surface area (Å²) >= 11 is 0. The van der Waals surface area contributed by atoms with Crippen LogP contribution in [-0.2, 0) is 12.8 Å². The summed E-state index contributed by atoms with van der Waals surface area (Å²) in [4.78, 5) is 0. The van der Waals surface area contributed by atoms with E-state index in [1.54, 1.807) is 0 Å². The molecule has 1 nitrogen and oxygen atoms in total. The van der Waals surface area contributed by atoms with Gasteiger partial charge >= 0.3 is 6.18 Å². The molecule has 0 radical (unpaired) electrons. The number of benzene rings is 1. The molecule has 0 atom stereocenters. The van der Waals surface area contributed by atoms with Crippen LogP contribution in [0.25, 0.3) is 5.57 Å². The Balaban J connectivity index is 3.27. The van der Waals surface area contributed by atoms with Crippen molar-refractivity contribution >= 4 is 5.57 Å². The lowest BCUT2D eigenvalue weighted by molar-refractivity contribution is -0.137. The van der Waals surface area contributed by atoms with Gasteiger partial charge in [0.05, 0.1) is 12.2 Å². The zero-order valence-corrected chi connectivity index (χ0v) is 8.93. The molecule has 1 aromatic carbocycles. The highest BCUT2D eigenvalue weighted by molar-refractivity contribution is 5.66. The van der Waals surface area contributed by atoms with Gasteiger partial charge in [-0.25, -0.2) is 0 Å². The molecule has 0 heterocycles. The Morgan fingerprint density at radius 2 is 2.00 bits per heavy atom. The topological polar surface area (TPSA) is 20.2 Å². The van der Waals surface area contributed by atoms with Crippen LogP contribution in [0.5, 0.6) is 0 Å². The molecule has 0 aromatic heterocycles. The molecule has 0 unspecified atom stereocenters. The van der Waals surface area contributed by atoms with Crippen molar-refractivity contribution in [3.05, 3.63) is 41.5 Å². The lowest BCUT2D eigenvalue weighted by Crippen LogP contribution is -2.06. The van der Waals surface area contributed by atoms with Crippen LogP contribution in [0.15, 0.2) is 24.8 Å². The summed E-state index contributed by atoms with van der Waals surface area (Å²) < 4.78 is 37.4. The van der Waals surface area contributed by atoms with Crippen LogP contribution >= 0.6 is 0 Å². The molecule has 1 aromatic rings. The maximum atomic E-state index is 12.5. The van der Waals surface area contributed by atoms with Crippen LogP contribution in [0, 0.1) is 0 Å². The number of halogens is 3. The molecule has 0 aliphatic carbocycles. The lowest BCUT2D eigenvalue weighted by Gasteiger charge is -2.13. The molecule has 0 fully saturated rings. The van der Waals surface area contributed by atoms with E-state index in [4.69, 9.17) is 5.11 Å². The number of alkyl halides is 3. The Labute approximate surface area is 92.2 Å². The van der Waals surface area contributed by atoms with E-state index in [9.17, 15) is 13.2 Å².